The standard InChI is InChI=1S/C22H32N6O2/c1-6-18(20-24-25-26-28(20)22(3,4)5)27(11-8-12-29)14-17-13-16-10-7-9-15(2)19(16)23-21(17)30/h7,9-10,13,18,29H,6,8,11-12,14H2,1-5H3,(H,23,30)/t18-/m1/s1. The minimum Gasteiger partial charge on any atom is -0.396 e. The fraction of sp³-hybridized carbons (Fsp3) is 0.545. The van der Waals surface area contributed by atoms with E-state index in [-0.39, 0.29) is 23.7 Å². The number of nitrogens with one attached hydrogen (secondary N) is 1. The maximum Gasteiger partial charge on any atom is 0.252 e. The lowest BCUT2D eigenvalue weighted by molar-refractivity contribution is 0.146. The van der Waals surface area contributed by atoms with Crippen molar-refractivity contribution in [3.05, 3.63) is 51.6 Å². The van der Waals surface area contributed by atoms with Gasteiger partial charge in [0, 0.05) is 25.3 Å². The first-order chi connectivity index (χ1) is 14.3. The van der Waals surface area contributed by atoms with Crippen molar-refractivity contribution in [3.63, 3.8) is 0 Å². The molecule has 0 spiro atoms. The van der Waals surface area contributed by atoms with Crippen molar-refractivity contribution < 1.29 is 5.11 Å². The molecule has 8 heteroatoms. The van der Waals surface area contributed by atoms with Crippen LogP contribution in [0.1, 0.15) is 63.5 Å². The largest absolute Gasteiger partial charge is 0.396 e. The molecule has 1 aromatic carbocycles. The molecule has 0 saturated carbocycles. The van der Waals surface area contributed by atoms with Gasteiger partial charge in [0.05, 0.1) is 17.1 Å². The molecule has 0 aliphatic rings. The van der Waals surface area contributed by atoms with Crippen LogP contribution in [0.5, 0.6) is 0 Å². The Labute approximate surface area is 176 Å². The maximum atomic E-state index is 12.8. The summed E-state index contributed by atoms with van der Waals surface area (Å²) < 4.78 is 1.85. The van der Waals surface area contributed by atoms with E-state index < -0.39 is 0 Å². The molecule has 2 heterocycles. The zero-order valence-electron chi connectivity index (χ0n) is 18.5. The molecule has 0 fully saturated rings. The molecule has 0 amide bonds. The van der Waals surface area contributed by atoms with Gasteiger partial charge >= 0.3 is 0 Å². The fourth-order valence-corrected chi connectivity index (χ4v) is 3.87. The van der Waals surface area contributed by atoms with E-state index in [4.69, 9.17) is 0 Å². The van der Waals surface area contributed by atoms with E-state index in [0.29, 0.717) is 25.1 Å². The van der Waals surface area contributed by atoms with Crippen molar-refractivity contribution in [2.24, 2.45) is 0 Å². The van der Waals surface area contributed by atoms with Crippen molar-refractivity contribution in [3.8, 4) is 0 Å². The molecule has 30 heavy (non-hydrogen) atoms. The summed E-state index contributed by atoms with van der Waals surface area (Å²) >= 11 is 0. The van der Waals surface area contributed by atoms with Gasteiger partial charge in [-0.25, -0.2) is 4.68 Å². The first-order valence-corrected chi connectivity index (χ1v) is 10.5. The van der Waals surface area contributed by atoms with Crippen LogP contribution in [0.15, 0.2) is 29.1 Å². The Hall–Kier alpha value is -2.58. The van der Waals surface area contributed by atoms with Crippen LogP contribution in [0.2, 0.25) is 0 Å². The first kappa shape index (κ1) is 22.1. The van der Waals surface area contributed by atoms with Crippen LogP contribution in [0.4, 0.5) is 0 Å². The van der Waals surface area contributed by atoms with Gasteiger partial charge in [-0.05, 0) is 68.0 Å². The highest BCUT2D eigenvalue weighted by Gasteiger charge is 2.29. The highest BCUT2D eigenvalue weighted by Crippen LogP contribution is 2.27. The van der Waals surface area contributed by atoms with Gasteiger partial charge < -0.3 is 10.1 Å². The third kappa shape index (κ3) is 4.60. The Morgan fingerprint density at radius 3 is 2.73 bits per heavy atom. The Kier molecular flexibility index (Phi) is 6.67. The number of para-hydroxylation sites is 1. The molecule has 0 radical (unpaired) electrons. The number of pyridine rings is 1. The molecule has 8 nitrogen and oxygen atoms in total. The van der Waals surface area contributed by atoms with Gasteiger partial charge in [-0.3, -0.25) is 9.69 Å². The summed E-state index contributed by atoms with van der Waals surface area (Å²) in [7, 11) is 0. The maximum absolute atomic E-state index is 12.8. The molecular weight excluding hydrogens is 380 g/mol. The van der Waals surface area contributed by atoms with E-state index in [1.807, 2.05) is 35.9 Å². The van der Waals surface area contributed by atoms with Crippen LogP contribution >= 0.6 is 0 Å². The number of aliphatic hydroxyl groups excluding tert-OH is 1. The third-order valence-electron chi connectivity index (χ3n) is 5.40. The molecule has 0 aliphatic heterocycles. The molecule has 0 saturated heterocycles. The number of rotatable bonds is 8. The first-order valence-electron chi connectivity index (χ1n) is 10.5. The van der Waals surface area contributed by atoms with Gasteiger partial charge in [0.25, 0.3) is 5.56 Å². The highest BCUT2D eigenvalue weighted by molar-refractivity contribution is 5.81. The number of hydrogen-bond acceptors (Lipinski definition) is 6. The second kappa shape index (κ2) is 9.06. The minimum absolute atomic E-state index is 0.0709. The number of aromatic nitrogens is 5. The number of benzene rings is 1. The number of aryl methyl sites for hydroxylation is 1. The molecular formula is C22H32N6O2. The molecule has 3 aromatic rings. The van der Waals surface area contributed by atoms with Crippen LogP contribution < -0.4 is 5.56 Å². The second-order valence-electron chi connectivity index (χ2n) is 8.75. The smallest absolute Gasteiger partial charge is 0.252 e. The average molecular weight is 413 g/mol. The summed E-state index contributed by atoms with van der Waals surface area (Å²) in [5.41, 5.74) is 2.27. The SMILES string of the molecule is CC[C@H](c1nnnn1C(C)(C)C)N(CCCO)Cc1cc2cccc(C)c2[nH]c1=O. The van der Waals surface area contributed by atoms with E-state index in [0.717, 1.165) is 28.7 Å². The molecule has 2 N–H and O–H groups in total. The van der Waals surface area contributed by atoms with E-state index in [2.05, 4.69) is 53.1 Å². The summed E-state index contributed by atoms with van der Waals surface area (Å²) in [6.07, 6.45) is 1.39. The van der Waals surface area contributed by atoms with Crippen LogP contribution in [0.25, 0.3) is 10.9 Å². The lowest BCUT2D eigenvalue weighted by Crippen LogP contribution is -2.36. The summed E-state index contributed by atoms with van der Waals surface area (Å²) in [4.78, 5) is 18.1. The van der Waals surface area contributed by atoms with Crippen molar-refractivity contribution in [2.75, 3.05) is 13.2 Å². The highest BCUT2D eigenvalue weighted by atomic mass is 16.3. The van der Waals surface area contributed by atoms with E-state index in [1.54, 1.807) is 0 Å². The Morgan fingerprint density at radius 1 is 1.30 bits per heavy atom. The third-order valence-corrected chi connectivity index (χ3v) is 5.40. The van der Waals surface area contributed by atoms with Gasteiger partial charge in [0.15, 0.2) is 5.82 Å². The normalized spacial score (nSPS) is 13.3. The number of H-pyrrole nitrogens is 1. The van der Waals surface area contributed by atoms with Gasteiger partial charge in [-0.2, -0.15) is 0 Å². The van der Waals surface area contributed by atoms with Crippen molar-refractivity contribution in [2.45, 2.75) is 65.6 Å². The van der Waals surface area contributed by atoms with E-state index in [1.165, 1.54) is 0 Å². The molecule has 1 atom stereocenters. The molecule has 0 bridgehead atoms. The number of hydrogen-bond donors (Lipinski definition) is 2. The van der Waals surface area contributed by atoms with Crippen LogP contribution in [-0.4, -0.2) is 48.3 Å². The number of fused-ring (bicyclic) bond motifs is 1. The molecule has 3 rings (SSSR count). The van der Waals surface area contributed by atoms with E-state index >= 15 is 0 Å². The summed E-state index contributed by atoms with van der Waals surface area (Å²) in [6.45, 7) is 11.4. The zero-order valence-corrected chi connectivity index (χ0v) is 18.5. The quantitative estimate of drug-likeness (QED) is 0.590. The predicted octanol–water partition coefficient (Wildman–Crippen LogP) is 2.91. The molecule has 2 aromatic heterocycles. The van der Waals surface area contributed by atoms with Gasteiger partial charge in [-0.15, -0.1) is 5.10 Å². The predicted molar refractivity (Wildman–Crippen MR) is 117 cm³/mol. The zero-order chi connectivity index (χ0) is 21.9. The summed E-state index contributed by atoms with van der Waals surface area (Å²) in [6, 6.07) is 7.89. The summed E-state index contributed by atoms with van der Waals surface area (Å²) in [5, 5.41) is 22.9. The number of tetrazole rings is 1. The lowest BCUT2D eigenvalue weighted by Gasteiger charge is -2.32. The number of aromatic amines is 1. The topological polar surface area (TPSA) is 99.9 Å². The number of nitrogens with zero attached hydrogens (tertiary/aromatic N) is 5. The lowest BCUT2D eigenvalue weighted by atomic mass is 10.1. The number of aliphatic hydroxyl groups is 1. The van der Waals surface area contributed by atoms with Crippen molar-refractivity contribution >= 4 is 10.9 Å². The second-order valence-corrected chi connectivity index (χ2v) is 8.75. The van der Waals surface area contributed by atoms with Gasteiger partial charge in [0.2, 0.25) is 0 Å². The van der Waals surface area contributed by atoms with E-state index in [9.17, 15) is 9.90 Å². The van der Waals surface area contributed by atoms with Crippen LogP contribution in [0.3, 0.4) is 0 Å². The summed E-state index contributed by atoms with van der Waals surface area (Å²) in [5.74, 6) is 0.774. The van der Waals surface area contributed by atoms with Gasteiger partial charge in [-0.1, -0.05) is 25.1 Å². The molecule has 162 valence electrons. The van der Waals surface area contributed by atoms with Crippen LogP contribution in [-0.2, 0) is 12.1 Å². The van der Waals surface area contributed by atoms with Crippen molar-refractivity contribution in [1.82, 2.24) is 30.1 Å². The minimum atomic E-state index is -0.257. The Morgan fingerprint density at radius 2 is 2.07 bits per heavy atom. The molecule has 0 aliphatic carbocycles. The Bertz CT molecular complexity index is 1050. The van der Waals surface area contributed by atoms with Crippen LogP contribution in [0, 0.1) is 6.92 Å². The fourth-order valence-electron chi connectivity index (χ4n) is 3.87. The molecule has 0 unspecified atom stereocenters. The monoisotopic (exact) mass is 412 g/mol. The average Bonchev–Trinajstić information content (AvgIpc) is 3.18. The van der Waals surface area contributed by atoms with Gasteiger partial charge in [0.1, 0.15) is 0 Å². The van der Waals surface area contributed by atoms with Crippen molar-refractivity contribution in [1.29, 1.82) is 0 Å². The Balaban J connectivity index is 2.00.